The molecule has 0 aliphatic carbocycles. The molecule has 0 saturated heterocycles. The third-order valence-corrected chi connectivity index (χ3v) is 4.42. The molecule has 1 heterocycles. The summed E-state index contributed by atoms with van der Waals surface area (Å²) in [4.78, 5) is 0. The van der Waals surface area contributed by atoms with Crippen molar-refractivity contribution in [1.29, 1.82) is 0 Å². The van der Waals surface area contributed by atoms with Crippen molar-refractivity contribution in [3.8, 4) is 5.75 Å². The summed E-state index contributed by atoms with van der Waals surface area (Å²) < 4.78 is 7.68. The van der Waals surface area contributed by atoms with E-state index in [9.17, 15) is 0 Å². The molecule has 96 valence electrons. The van der Waals surface area contributed by atoms with E-state index in [-0.39, 0.29) is 0 Å². The third kappa shape index (κ3) is 3.57. The molecule has 0 radical (unpaired) electrons. The van der Waals surface area contributed by atoms with Gasteiger partial charge >= 0.3 is 0 Å². The normalized spacial score (nSPS) is 10.6. The summed E-state index contributed by atoms with van der Waals surface area (Å²) in [5.74, 6) is 0.836. The zero-order valence-corrected chi connectivity index (χ0v) is 13.6. The van der Waals surface area contributed by atoms with Crippen molar-refractivity contribution in [2.24, 2.45) is 5.73 Å². The second-order valence-corrected chi connectivity index (χ2v) is 6.31. The number of rotatable bonds is 5. The fourth-order valence-corrected chi connectivity index (χ4v) is 3.79. The lowest BCUT2D eigenvalue weighted by Gasteiger charge is -2.11. The number of benzene rings is 1. The zero-order chi connectivity index (χ0) is 13.0. The molecule has 2 aromatic rings. The summed E-state index contributed by atoms with van der Waals surface area (Å²) in [6.07, 6.45) is 0.918. The van der Waals surface area contributed by atoms with Crippen molar-refractivity contribution in [3.63, 3.8) is 0 Å². The number of halogens is 2. The molecule has 0 aliphatic heterocycles. The van der Waals surface area contributed by atoms with Gasteiger partial charge < -0.3 is 10.5 Å². The van der Waals surface area contributed by atoms with Crippen LogP contribution in [0.5, 0.6) is 5.75 Å². The summed E-state index contributed by atoms with van der Waals surface area (Å²) in [6, 6.07) is 6.10. The van der Waals surface area contributed by atoms with Crippen molar-refractivity contribution in [2.75, 3.05) is 6.61 Å². The highest BCUT2D eigenvalue weighted by Gasteiger charge is 2.08. The minimum Gasteiger partial charge on any atom is -0.491 e. The van der Waals surface area contributed by atoms with E-state index < -0.39 is 0 Å². The van der Waals surface area contributed by atoms with E-state index in [4.69, 9.17) is 10.5 Å². The Kier molecular flexibility index (Phi) is 5.24. The first kappa shape index (κ1) is 14.1. The largest absolute Gasteiger partial charge is 0.491 e. The van der Waals surface area contributed by atoms with Gasteiger partial charge in [-0.2, -0.15) is 11.3 Å². The Balaban J connectivity index is 2.01. The number of thiophene rings is 1. The maximum absolute atomic E-state index is 5.81. The molecular weight excluding hydrogens is 378 g/mol. The van der Waals surface area contributed by atoms with Gasteiger partial charge in [0.25, 0.3) is 0 Å². The fraction of sp³-hybridized carbons (Fsp3) is 0.231. The Morgan fingerprint density at radius 1 is 1.17 bits per heavy atom. The van der Waals surface area contributed by atoms with Gasteiger partial charge in [-0.25, -0.2) is 0 Å². The lowest BCUT2D eigenvalue weighted by Crippen LogP contribution is -2.03. The average molecular weight is 391 g/mol. The van der Waals surface area contributed by atoms with Crippen LogP contribution in [-0.2, 0) is 13.0 Å². The molecule has 0 saturated carbocycles. The Bertz CT molecular complexity index is 491. The number of hydrogen-bond donors (Lipinski definition) is 1. The van der Waals surface area contributed by atoms with Crippen LogP contribution >= 0.6 is 43.2 Å². The van der Waals surface area contributed by atoms with E-state index in [1.54, 1.807) is 11.3 Å². The molecule has 0 fully saturated rings. The molecule has 2 rings (SSSR count). The van der Waals surface area contributed by atoms with Crippen LogP contribution in [-0.4, -0.2) is 6.61 Å². The maximum atomic E-state index is 5.81. The Morgan fingerprint density at radius 2 is 1.89 bits per heavy atom. The van der Waals surface area contributed by atoms with E-state index >= 15 is 0 Å². The Hall–Kier alpha value is -0.360. The quantitative estimate of drug-likeness (QED) is 0.823. The van der Waals surface area contributed by atoms with Crippen LogP contribution in [0.15, 0.2) is 37.9 Å². The fourth-order valence-electron chi connectivity index (χ4n) is 1.57. The first-order chi connectivity index (χ1) is 8.70. The van der Waals surface area contributed by atoms with Gasteiger partial charge in [-0.15, -0.1) is 0 Å². The van der Waals surface area contributed by atoms with Crippen LogP contribution in [0.1, 0.15) is 11.1 Å². The van der Waals surface area contributed by atoms with Crippen LogP contribution in [0.4, 0.5) is 0 Å². The predicted molar refractivity (Wildman–Crippen MR) is 83.3 cm³/mol. The van der Waals surface area contributed by atoms with Gasteiger partial charge in [0.2, 0.25) is 0 Å². The molecule has 0 spiro atoms. The van der Waals surface area contributed by atoms with Crippen molar-refractivity contribution in [1.82, 2.24) is 0 Å². The molecule has 1 aromatic carbocycles. The SMILES string of the molecule is NCc1cc(Br)c(OCCc2ccsc2)c(Br)c1. The van der Waals surface area contributed by atoms with Gasteiger partial charge in [-0.1, -0.05) is 0 Å². The molecule has 0 unspecified atom stereocenters. The number of nitrogens with two attached hydrogens (primary N) is 1. The minimum atomic E-state index is 0.520. The highest BCUT2D eigenvalue weighted by molar-refractivity contribution is 9.11. The second kappa shape index (κ2) is 6.70. The van der Waals surface area contributed by atoms with E-state index in [1.807, 2.05) is 12.1 Å². The van der Waals surface area contributed by atoms with Gasteiger partial charge in [-0.05, 0) is 71.9 Å². The summed E-state index contributed by atoms with van der Waals surface area (Å²) in [6.45, 7) is 1.18. The zero-order valence-electron chi connectivity index (χ0n) is 9.66. The smallest absolute Gasteiger partial charge is 0.147 e. The van der Waals surface area contributed by atoms with Crippen LogP contribution in [0.2, 0.25) is 0 Å². The topological polar surface area (TPSA) is 35.2 Å². The minimum absolute atomic E-state index is 0.520. The second-order valence-electron chi connectivity index (χ2n) is 3.82. The first-order valence-corrected chi connectivity index (χ1v) is 8.05. The first-order valence-electron chi connectivity index (χ1n) is 5.52. The van der Waals surface area contributed by atoms with Crippen LogP contribution in [0.25, 0.3) is 0 Å². The van der Waals surface area contributed by atoms with Crippen molar-refractivity contribution in [2.45, 2.75) is 13.0 Å². The maximum Gasteiger partial charge on any atom is 0.147 e. The lowest BCUT2D eigenvalue weighted by molar-refractivity contribution is 0.318. The van der Waals surface area contributed by atoms with E-state index in [0.29, 0.717) is 13.2 Å². The van der Waals surface area contributed by atoms with Crippen LogP contribution < -0.4 is 10.5 Å². The molecule has 1 aromatic heterocycles. The number of hydrogen-bond acceptors (Lipinski definition) is 3. The van der Waals surface area contributed by atoms with Gasteiger partial charge in [0.15, 0.2) is 0 Å². The van der Waals surface area contributed by atoms with Gasteiger partial charge in [0, 0.05) is 13.0 Å². The molecule has 0 aliphatic rings. The Morgan fingerprint density at radius 3 is 2.44 bits per heavy atom. The molecule has 2 nitrogen and oxygen atoms in total. The van der Waals surface area contributed by atoms with E-state index in [0.717, 1.165) is 26.7 Å². The Labute approximate surface area is 127 Å². The molecule has 0 bridgehead atoms. The lowest BCUT2D eigenvalue weighted by atomic mass is 10.2. The van der Waals surface area contributed by atoms with E-state index in [1.165, 1.54) is 5.56 Å². The van der Waals surface area contributed by atoms with Crippen molar-refractivity contribution >= 4 is 43.2 Å². The van der Waals surface area contributed by atoms with Gasteiger partial charge in [-0.3, -0.25) is 0 Å². The van der Waals surface area contributed by atoms with Gasteiger partial charge in [0.1, 0.15) is 5.75 Å². The molecule has 18 heavy (non-hydrogen) atoms. The predicted octanol–water partition coefficient (Wildman–Crippen LogP) is 4.35. The molecule has 5 heteroatoms. The number of ether oxygens (including phenoxy) is 1. The van der Waals surface area contributed by atoms with Gasteiger partial charge in [0.05, 0.1) is 15.6 Å². The third-order valence-electron chi connectivity index (χ3n) is 2.51. The molecule has 0 atom stereocenters. The van der Waals surface area contributed by atoms with Crippen molar-refractivity contribution in [3.05, 3.63) is 49.0 Å². The summed E-state index contributed by atoms with van der Waals surface area (Å²) in [5, 5.41) is 4.22. The standard InChI is InChI=1S/C13H13Br2NOS/c14-11-5-10(7-16)6-12(15)13(11)17-3-1-9-2-4-18-8-9/h2,4-6,8H,1,3,7,16H2. The molecular formula is C13H13Br2NOS. The highest BCUT2D eigenvalue weighted by atomic mass is 79.9. The molecule has 2 N–H and O–H groups in total. The van der Waals surface area contributed by atoms with Crippen molar-refractivity contribution < 1.29 is 4.74 Å². The molecule has 0 amide bonds. The van der Waals surface area contributed by atoms with Crippen LogP contribution in [0, 0.1) is 0 Å². The average Bonchev–Trinajstić information content (AvgIpc) is 2.85. The monoisotopic (exact) mass is 389 g/mol. The summed E-state index contributed by atoms with van der Waals surface area (Å²) >= 11 is 8.73. The summed E-state index contributed by atoms with van der Waals surface area (Å²) in [7, 11) is 0. The van der Waals surface area contributed by atoms with Crippen LogP contribution in [0.3, 0.4) is 0 Å². The summed E-state index contributed by atoms with van der Waals surface area (Å²) in [5.41, 5.74) is 8.00. The van der Waals surface area contributed by atoms with E-state index in [2.05, 4.69) is 48.7 Å². The highest BCUT2D eigenvalue weighted by Crippen LogP contribution is 2.34.